The number of hydrogen-bond acceptors (Lipinski definition) is 6. The maximum atomic E-state index is 12.3. The first-order valence-electron chi connectivity index (χ1n) is 10.2. The zero-order valence-electron chi connectivity index (χ0n) is 17.4. The molecule has 0 atom stereocenters. The number of amides is 1. The highest BCUT2D eigenvalue weighted by Gasteiger charge is 2.16. The van der Waals surface area contributed by atoms with E-state index < -0.39 is 10.0 Å². The fraction of sp³-hybridized carbons (Fsp3) is 0.227. The first-order chi connectivity index (χ1) is 15.4. The van der Waals surface area contributed by atoms with E-state index in [0.717, 1.165) is 34.6 Å². The molecule has 1 amide bonds. The van der Waals surface area contributed by atoms with Crippen molar-refractivity contribution in [2.45, 2.75) is 13.0 Å². The van der Waals surface area contributed by atoms with E-state index in [0.29, 0.717) is 17.0 Å². The first kappa shape index (κ1) is 20.3. The lowest BCUT2D eigenvalue weighted by atomic mass is 10.1. The zero-order chi connectivity index (χ0) is 22.3. The summed E-state index contributed by atoms with van der Waals surface area (Å²) in [6, 6.07) is 13.6. The normalized spacial score (nSPS) is 13.8. The molecule has 9 nitrogen and oxygen atoms in total. The van der Waals surface area contributed by atoms with E-state index in [4.69, 9.17) is 4.98 Å². The minimum atomic E-state index is -3.43. The Morgan fingerprint density at radius 1 is 1.16 bits per heavy atom. The molecule has 0 radical (unpaired) electrons. The summed E-state index contributed by atoms with van der Waals surface area (Å²) in [5.74, 6) is 0.180. The molecule has 1 fully saturated rings. The van der Waals surface area contributed by atoms with E-state index >= 15 is 0 Å². The molecule has 1 saturated heterocycles. The fourth-order valence-electron chi connectivity index (χ4n) is 3.61. The topological polar surface area (TPSA) is 113 Å². The van der Waals surface area contributed by atoms with E-state index in [-0.39, 0.29) is 18.0 Å². The lowest BCUT2D eigenvalue weighted by Gasteiger charge is -2.33. The molecule has 4 heterocycles. The molecule has 1 aliphatic rings. The molecule has 0 bridgehead atoms. The largest absolute Gasteiger partial charge is 0.371 e. The number of rotatable bonds is 6. The molecule has 2 N–H and O–H groups in total. The number of hydrogen-bond donors (Lipinski definition) is 2. The highest BCUT2D eigenvalue weighted by molar-refractivity contribution is 7.89. The predicted molar refractivity (Wildman–Crippen MR) is 122 cm³/mol. The minimum absolute atomic E-state index is 0.166. The number of nitrogens with zero attached hydrogens (tertiary/aromatic N) is 4. The summed E-state index contributed by atoms with van der Waals surface area (Å²) in [7, 11) is -3.43. The summed E-state index contributed by atoms with van der Waals surface area (Å²) >= 11 is 0. The number of aromatic nitrogens is 4. The molecule has 3 aromatic heterocycles. The van der Waals surface area contributed by atoms with Crippen molar-refractivity contribution in [1.29, 1.82) is 0 Å². The Kier molecular flexibility index (Phi) is 4.93. The van der Waals surface area contributed by atoms with Gasteiger partial charge in [0.1, 0.15) is 11.3 Å². The first-order valence-corrected chi connectivity index (χ1v) is 12.1. The molecule has 10 heteroatoms. The number of benzene rings is 1. The monoisotopic (exact) mass is 450 g/mol. The van der Waals surface area contributed by atoms with Crippen LogP contribution in [-0.4, -0.2) is 52.6 Å². The third-order valence-electron chi connectivity index (χ3n) is 5.48. The van der Waals surface area contributed by atoms with Gasteiger partial charge in [-0.3, -0.25) is 8.77 Å². The van der Waals surface area contributed by atoms with Crippen LogP contribution in [-0.2, 0) is 16.6 Å². The molecule has 5 rings (SSSR count). The van der Waals surface area contributed by atoms with Crippen molar-refractivity contribution < 1.29 is 13.2 Å². The van der Waals surface area contributed by atoms with Gasteiger partial charge in [0.05, 0.1) is 24.1 Å². The van der Waals surface area contributed by atoms with Crippen molar-refractivity contribution in [3.05, 3.63) is 66.2 Å². The molecule has 0 spiro atoms. The van der Waals surface area contributed by atoms with Crippen LogP contribution in [0.3, 0.4) is 0 Å². The van der Waals surface area contributed by atoms with Crippen molar-refractivity contribution in [3.63, 3.8) is 0 Å². The number of anilines is 1. The third-order valence-corrected chi connectivity index (χ3v) is 6.48. The summed E-state index contributed by atoms with van der Waals surface area (Å²) in [5.41, 5.74) is 4.70. The molecule has 32 heavy (non-hydrogen) atoms. The number of carbonyl (C=O) groups is 1. The lowest BCUT2D eigenvalue weighted by molar-refractivity contribution is 0.0950. The van der Waals surface area contributed by atoms with Crippen molar-refractivity contribution in [3.8, 4) is 11.3 Å². The molecular weight excluding hydrogens is 428 g/mol. The van der Waals surface area contributed by atoms with Gasteiger partial charge in [0, 0.05) is 36.7 Å². The summed E-state index contributed by atoms with van der Waals surface area (Å²) in [6.07, 6.45) is 4.93. The van der Waals surface area contributed by atoms with E-state index in [1.165, 1.54) is 30.6 Å². The predicted octanol–water partition coefficient (Wildman–Crippen LogP) is 2.37. The van der Waals surface area contributed by atoms with Crippen LogP contribution in [0.15, 0.2) is 54.9 Å². The molecule has 0 saturated carbocycles. The van der Waals surface area contributed by atoms with Gasteiger partial charge in [0.15, 0.2) is 5.65 Å². The molecule has 0 unspecified atom stereocenters. The van der Waals surface area contributed by atoms with Crippen molar-refractivity contribution in [1.82, 2.24) is 24.2 Å². The maximum Gasteiger partial charge on any atom is 0.253 e. The summed E-state index contributed by atoms with van der Waals surface area (Å²) in [5, 5.41) is 2.75. The Bertz CT molecular complexity index is 1420. The number of imidazole rings is 1. The highest BCUT2D eigenvalue weighted by Crippen LogP contribution is 2.27. The second-order valence-electron chi connectivity index (χ2n) is 7.81. The van der Waals surface area contributed by atoms with Gasteiger partial charge in [-0.1, -0.05) is 12.1 Å². The number of carbonyl (C=O) groups excluding carboxylic acids is 1. The number of fused-ring (bicyclic) bond motifs is 1. The van der Waals surface area contributed by atoms with Crippen molar-refractivity contribution in [2.75, 3.05) is 24.2 Å². The third kappa shape index (κ3) is 3.96. The van der Waals surface area contributed by atoms with Crippen LogP contribution in [0.25, 0.3) is 22.4 Å². The van der Waals surface area contributed by atoms with Crippen LogP contribution in [0.5, 0.6) is 0 Å². The Morgan fingerprint density at radius 2 is 2.00 bits per heavy atom. The molecule has 164 valence electrons. The number of H-pyrrole nitrogens is 1. The highest BCUT2D eigenvalue weighted by atomic mass is 32.2. The van der Waals surface area contributed by atoms with Gasteiger partial charge in [-0.2, -0.15) is 0 Å². The smallest absolute Gasteiger partial charge is 0.253 e. The Hall–Kier alpha value is -3.66. The molecule has 0 aliphatic carbocycles. The SMILES string of the molecule is CS(=O)(=O)n1ccc(C(=O)NCc2nc3ccc(-c4cccc(N5CCC5)c4)nc3[nH]2)c1. The molecule has 4 aromatic rings. The van der Waals surface area contributed by atoms with Crippen LogP contribution >= 0.6 is 0 Å². The summed E-state index contributed by atoms with van der Waals surface area (Å²) in [6.45, 7) is 2.34. The van der Waals surface area contributed by atoms with Gasteiger partial charge < -0.3 is 15.2 Å². The van der Waals surface area contributed by atoms with Crippen LogP contribution < -0.4 is 10.2 Å². The number of nitrogens with one attached hydrogen (secondary N) is 2. The quantitative estimate of drug-likeness (QED) is 0.466. The lowest BCUT2D eigenvalue weighted by Crippen LogP contribution is -2.36. The van der Waals surface area contributed by atoms with Crippen LogP contribution in [0.2, 0.25) is 0 Å². The molecule has 1 aliphatic heterocycles. The Morgan fingerprint density at radius 3 is 2.72 bits per heavy atom. The number of aromatic amines is 1. The Balaban J connectivity index is 1.31. The standard InChI is InChI=1S/C22H22N6O3S/c1-32(30,31)28-11-8-16(14-28)22(29)23-13-20-24-19-7-6-18(25-21(19)26-20)15-4-2-5-17(12-15)27-9-3-10-27/h2,4-8,11-12,14H,3,9-10,13H2,1H3,(H,23,29)(H,24,25,26). The van der Waals surface area contributed by atoms with Crippen LogP contribution in [0.4, 0.5) is 5.69 Å². The van der Waals surface area contributed by atoms with Crippen LogP contribution in [0.1, 0.15) is 22.6 Å². The van der Waals surface area contributed by atoms with E-state index in [9.17, 15) is 13.2 Å². The second-order valence-corrected chi connectivity index (χ2v) is 9.70. The Labute approximate surface area is 185 Å². The second kappa shape index (κ2) is 7.79. The zero-order valence-corrected chi connectivity index (χ0v) is 18.3. The molecule has 1 aromatic carbocycles. The average Bonchev–Trinajstić information content (AvgIpc) is 3.37. The maximum absolute atomic E-state index is 12.3. The fourth-order valence-corrected chi connectivity index (χ4v) is 4.20. The van der Waals surface area contributed by atoms with Crippen LogP contribution in [0, 0.1) is 0 Å². The van der Waals surface area contributed by atoms with Crippen molar-refractivity contribution in [2.24, 2.45) is 0 Å². The van der Waals surface area contributed by atoms with E-state index in [2.05, 4.69) is 32.3 Å². The van der Waals surface area contributed by atoms with Gasteiger partial charge in [0.25, 0.3) is 5.91 Å². The summed E-state index contributed by atoms with van der Waals surface area (Å²) in [4.78, 5) is 27.0. The summed E-state index contributed by atoms with van der Waals surface area (Å²) < 4.78 is 24.1. The minimum Gasteiger partial charge on any atom is -0.371 e. The van der Waals surface area contributed by atoms with Gasteiger partial charge in [0.2, 0.25) is 10.0 Å². The van der Waals surface area contributed by atoms with Gasteiger partial charge in [-0.15, -0.1) is 0 Å². The van der Waals surface area contributed by atoms with Gasteiger partial charge in [-0.05, 0) is 36.8 Å². The van der Waals surface area contributed by atoms with Crippen molar-refractivity contribution >= 4 is 32.8 Å². The number of pyridine rings is 1. The van der Waals surface area contributed by atoms with E-state index in [1.807, 2.05) is 24.3 Å². The van der Waals surface area contributed by atoms with Gasteiger partial charge in [-0.25, -0.2) is 18.4 Å². The van der Waals surface area contributed by atoms with E-state index in [1.54, 1.807) is 0 Å². The molecular formula is C22H22N6O3S. The average molecular weight is 451 g/mol. The van der Waals surface area contributed by atoms with Gasteiger partial charge >= 0.3 is 0 Å².